The number of hydrogen-bond acceptors (Lipinski definition) is 6. The van der Waals surface area contributed by atoms with Gasteiger partial charge in [0.1, 0.15) is 6.33 Å². The van der Waals surface area contributed by atoms with Gasteiger partial charge in [0.2, 0.25) is 0 Å². The van der Waals surface area contributed by atoms with Gasteiger partial charge in [-0.2, -0.15) is 0 Å². The normalized spacial score (nSPS) is 12.6. The highest BCUT2D eigenvalue weighted by atomic mass is 15.0. The standard InChI is InChI=1S/C35H22N6/c1-3-10-28-22(7-1)17-23-8-2-4-11-29(23)32(28)35-40-33(25-12-14-30-24(18-25)9-5-6-16-37-30)39-34(41-35)26-13-15-31-27(19-26)20-36-21-38-31/h1-5,7-21H,6H2. The molecule has 0 amide bonds. The summed E-state index contributed by atoms with van der Waals surface area (Å²) in [6.07, 6.45) is 10.3. The van der Waals surface area contributed by atoms with E-state index in [0.717, 1.165) is 66.8 Å². The average molecular weight is 527 g/mol. The zero-order chi connectivity index (χ0) is 27.2. The van der Waals surface area contributed by atoms with Crippen molar-refractivity contribution in [1.82, 2.24) is 24.9 Å². The summed E-state index contributed by atoms with van der Waals surface area (Å²) in [5.41, 5.74) is 5.62. The largest absolute Gasteiger partial charge is 0.260 e. The fourth-order valence-electron chi connectivity index (χ4n) is 5.48. The Morgan fingerprint density at radius 2 is 1.32 bits per heavy atom. The molecular formula is C35H22N6. The number of fused-ring (bicyclic) bond motifs is 4. The quantitative estimate of drug-likeness (QED) is 0.217. The lowest BCUT2D eigenvalue weighted by Crippen LogP contribution is -2.01. The van der Waals surface area contributed by atoms with E-state index in [9.17, 15) is 0 Å². The van der Waals surface area contributed by atoms with Gasteiger partial charge in [0.25, 0.3) is 0 Å². The number of aromatic nitrogens is 5. The first-order valence-electron chi connectivity index (χ1n) is 13.5. The van der Waals surface area contributed by atoms with Crippen LogP contribution in [-0.2, 0) is 0 Å². The number of allylic oxidation sites excluding steroid dienone is 1. The van der Waals surface area contributed by atoms with Gasteiger partial charge in [0, 0.05) is 46.5 Å². The molecule has 0 bridgehead atoms. The van der Waals surface area contributed by atoms with Crippen molar-refractivity contribution in [3.8, 4) is 34.2 Å². The summed E-state index contributed by atoms with van der Waals surface area (Å²) in [6.45, 7) is 0. The summed E-state index contributed by atoms with van der Waals surface area (Å²) in [4.78, 5) is 28.4. The van der Waals surface area contributed by atoms with E-state index in [1.807, 2.05) is 42.7 Å². The van der Waals surface area contributed by atoms with Crippen LogP contribution in [-0.4, -0.2) is 31.1 Å². The molecule has 0 unspecified atom stereocenters. The van der Waals surface area contributed by atoms with Crippen LogP contribution < -0.4 is 0 Å². The van der Waals surface area contributed by atoms with Crippen molar-refractivity contribution in [2.75, 3.05) is 0 Å². The maximum absolute atomic E-state index is 5.12. The lowest BCUT2D eigenvalue weighted by atomic mass is 9.96. The molecule has 1 aliphatic heterocycles. The van der Waals surface area contributed by atoms with E-state index in [-0.39, 0.29) is 0 Å². The van der Waals surface area contributed by atoms with E-state index in [1.165, 1.54) is 0 Å². The van der Waals surface area contributed by atoms with Crippen LogP contribution in [0.2, 0.25) is 0 Å². The van der Waals surface area contributed by atoms with Crippen molar-refractivity contribution in [2.24, 2.45) is 4.99 Å². The monoisotopic (exact) mass is 526 g/mol. The topological polar surface area (TPSA) is 76.8 Å². The van der Waals surface area contributed by atoms with Crippen LogP contribution >= 0.6 is 0 Å². The van der Waals surface area contributed by atoms with Crippen molar-refractivity contribution < 1.29 is 0 Å². The number of hydrogen-bond donors (Lipinski definition) is 0. The molecule has 0 aliphatic carbocycles. The molecule has 3 heterocycles. The van der Waals surface area contributed by atoms with E-state index >= 15 is 0 Å². The second-order valence-corrected chi connectivity index (χ2v) is 10.0. The van der Waals surface area contributed by atoms with Crippen LogP contribution in [0.25, 0.3) is 72.7 Å². The Kier molecular flexibility index (Phi) is 5.42. The van der Waals surface area contributed by atoms with Crippen molar-refractivity contribution in [3.05, 3.63) is 115 Å². The van der Waals surface area contributed by atoms with Crippen LogP contribution in [0.1, 0.15) is 12.0 Å². The predicted octanol–water partition coefficient (Wildman–Crippen LogP) is 8.24. The zero-order valence-electron chi connectivity index (χ0n) is 21.9. The summed E-state index contributed by atoms with van der Waals surface area (Å²) in [7, 11) is 0. The molecule has 0 saturated carbocycles. The van der Waals surface area contributed by atoms with Crippen LogP contribution in [0.5, 0.6) is 0 Å². The minimum atomic E-state index is 0.594. The van der Waals surface area contributed by atoms with Gasteiger partial charge in [-0.05, 0) is 64.0 Å². The van der Waals surface area contributed by atoms with Gasteiger partial charge in [-0.3, -0.25) is 4.99 Å². The van der Waals surface area contributed by atoms with E-state index < -0.39 is 0 Å². The Morgan fingerprint density at radius 1 is 0.610 bits per heavy atom. The van der Waals surface area contributed by atoms with Crippen LogP contribution in [0.3, 0.4) is 0 Å². The average Bonchev–Trinajstić information content (AvgIpc) is 3.28. The molecule has 192 valence electrons. The first-order valence-corrected chi connectivity index (χ1v) is 13.5. The molecule has 0 N–H and O–H groups in total. The van der Waals surface area contributed by atoms with Crippen LogP contribution in [0.15, 0.2) is 115 Å². The molecule has 5 aromatic carbocycles. The van der Waals surface area contributed by atoms with E-state index in [4.69, 9.17) is 15.0 Å². The Hall–Kier alpha value is -5.62. The molecule has 41 heavy (non-hydrogen) atoms. The van der Waals surface area contributed by atoms with E-state index in [0.29, 0.717) is 17.5 Å². The third kappa shape index (κ3) is 4.13. The number of rotatable bonds is 3. The second-order valence-electron chi connectivity index (χ2n) is 10.0. The first-order chi connectivity index (χ1) is 20.3. The molecule has 0 saturated heterocycles. The molecule has 0 fully saturated rings. The van der Waals surface area contributed by atoms with Crippen LogP contribution in [0.4, 0.5) is 5.69 Å². The van der Waals surface area contributed by atoms with E-state index in [2.05, 4.69) is 87.8 Å². The van der Waals surface area contributed by atoms with Gasteiger partial charge in [-0.25, -0.2) is 24.9 Å². The van der Waals surface area contributed by atoms with Crippen molar-refractivity contribution in [1.29, 1.82) is 0 Å². The fraction of sp³-hybridized carbons (Fsp3) is 0.0286. The third-order valence-electron chi connectivity index (χ3n) is 7.45. The molecule has 6 nitrogen and oxygen atoms in total. The summed E-state index contributed by atoms with van der Waals surface area (Å²) >= 11 is 0. The lowest BCUT2D eigenvalue weighted by Gasteiger charge is -2.13. The fourth-order valence-corrected chi connectivity index (χ4v) is 5.48. The Morgan fingerprint density at radius 3 is 2.12 bits per heavy atom. The van der Waals surface area contributed by atoms with Gasteiger partial charge < -0.3 is 0 Å². The minimum absolute atomic E-state index is 0.594. The minimum Gasteiger partial charge on any atom is -0.260 e. The molecular weight excluding hydrogens is 504 g/mol. The Labute approximate surface area is 235 Å². The first kappa shape index (κ1) is 23.3. The smallest absolute Gasteiger partial charge is 0.165 e. The highest BCUT2D eigenvalue weighted by Gasteiger charge is 2.18. The third-order valence-corrected chi connectivity index (χ3v) is 7.45. The molecule has 0 atom stereocenters. The lowest BCUT2D eigenvalue weighted by molar-refractivity contribution is 1.08. The van der Waals surface area contributed by atoms with E-state index in [1.54, 1.807) is 6.33 Å². The van der Waals surface area contributed by atoms with Crippen molar-refractivity contribution in [3.63, 3.8) is 0 Å². The highest BCUT2D eigenvalue weighted by Crippen LogP contribution is 2.37. The summed E-state index contributed by atoms with van der Waals surface area (Å²) in [6, 6.07) is 31.2. The molecule has 1 aliphatic rings. The summed E-state index contributed by atoms with van der Waals surface area (Å²) in [5.74, 6) is 1.83. The summed E-state index contributed by atoms with van der Waals surface area (Å²) < 4.78 is 0. The van der Waals surface area contributed by atoms with Crippen molar-refractivity contribution in [2.45, 2.75) is 6.42 Å². The number of benzene rings is 5. The molecule has 7 aromatic rings. The maximum Gasteiger partial charge on any atom is 0.165 e. The van der Waals surface area contributed by atoms with Crippen molar-refractivity contribution >= 4 is 50.4 Å². The van der Waals surface area contributed by atoms with Gasteiger partial charge in [-0.15, -0.1) is 0 Å². The Balaban J connectivity index is 1.42. The maximum atomic E-state index is 5.12. The molecule has 6 heteroatoms. The summed E-state index contributed by atoms with van der Waals surface area (Å²) in [5, 5.41) is 5.40. The zero-order valence-corrected chi connectivity index (χ0v) is 21.9. The SMILES string of the molecule is C1=Cc2cc(-c3nc(-c4ccc5ncncc5c4)nc(-c4c5ccccc5cc5ccccc45)n3)ccc2N=CC1. The van der Waals surface area contributed by atoms with Gasteiger partial charge >= 0.3 is 0 Å². The van der Waals surface area contributed by atoms with Crippen LogP contribution in [0, 0.1) is 0 Å². The number of nitrogens with zero attached hydrogens (tertiary/aromatic N) is 6. The predicted molar refractivity (Wildman–Crippen MR) is 166 cm³/mol. The number of aliphatic imine (C=N–C) groups is 1. The van der Waals surface area contributed by atoms with Gasteiger partial charge in [0.15, 0.2) is 17.5 Å². The highest BCUT2D eigenvalue weighted by molar-refractivity contribution is 6.11. The van der Waals surface area contributed by atoms with Gasteiger partial charge in [0.05, 0.1) is 11.2 Å². The van der Waals surface area contributed by atoms with Gasteiger partial charge in [-0.1, -0.05) is 60.7 Å². The molecule has 2 aromatic heterocycles. The molecule has 0 spiro atoms. The molecule has 8 rings (SSSR count). The second kappa shape index (κ2) is 9.54. The molecule has 0 radical (unpaired) electrons. The Bertz CT molecular complexity index is 2140.